The van der Waals surface area contributed by atoms with Crippen LogP contribution in [0.3, 0.4) is 0 Å². The monoisotopic (exact) mass is 558 g/mol. The van der Waals surface area contributed by atoms with Crippen LogP contribution in [-0.4, -0.2) is 54.8 Å². The van der Waals surface area contributed by atoms with E-state index in [0.29, 0.717) is 19.0 Å². The third-order valence-corrected chi connectivity index (χ3v) is 10.2. The molecule has 3 fully saturated rings. The van der Waals surface area contributed by atoms with E-state index >= 15 is 0 Å². The zero-order valence-electron chi connectivity index (χ0n) is 22.7. The average Bonchev–Trinajstić information content (AvgIpc) is 3.42. The van der Waals surface area contributed by atoms with Gasteiger partial charge in [-0.25, -0.2) is 9.59 Å². The number of nitrogens with zero attached hydrogens (tertiary/aromatic N) is 1. The number of carboxylic acids is 1. The molecular formula is C29H42N4O5S. The lowest BCUT2D eigenvalue weighted by atomic mass is 9.70. The summed E-state index contributed by atoms with van der Waals surface area (Å²) in [5.41, 5.74) is 0.0962. The van der Waals surface area contributed by atoms with E-state index in [-0.39, 0.29) is 17.7 Å². The molecule has 4 N–H and O–H groups in total. The van der Waals surface area contributed by atoms with E-state index in [1.807, 2.05) is 12.1 Å². The van der Waals surface area contributed by atoms with Crippen molar-refractivity contribution in [3.8, 4) is 0 Å². The lowest BCUT2D eigenvalue weighted by Crippen LogP contribution is -2.43. The second-order valence-electron chi connectivity index (χ2n) is 12.1. The molecule has 5 unspecified atom stereocenters. The van der Waals surface area contributed by atoms with E-state index < -0.39 is 18.1 Å². The number of carboxylic acid groups (broad SMARTS) is 1. The summed E-state index contributed by atoms with van der Waals surface area (Å²) in [5, 5.41) is 18.2. The van der Waals surface area contributed by atoms with Gasteiger partial charge in [-0.05, 0) is 81.3 Å². The fourth-order valence-corrected chi connectivity index (χ4v) is 8.47. The van der Waals surface area contributed by atoms with Crippen molar-refractivity contribution in [3.05, 3.63) is 21.9 Å². The Morgan fingerprint density at radius 2 is 1.97 bits per heavy atom. The smallest absolute Gasteiger partial charge is 0.407 e. The molecule has 3 bridgehead atoms. The molecule has 1 aromatic heterocycles. The molecule has 0 spiro atoms. The second kappa shape index (κ2) is 12.7. The SMILES string of the molecule is O=C(CCCCc1ccc(CC(NC(=O)OCC23CC4CCCC(C2)C(C4)C3)C(=O)O)s1)NC1=NCCCN1. The largest absolute Gasteiger partial charge is 0.480 e. The molecule has 39 heavy (non-hydrogen) atoms. The van der Waals surface area contributed by atoms with Gasteiger partial charge in [0, 0.05) is 41.1 Å². The zero-order chi connectivity index (χ0) is 27.2. The van der Waals surface area contributed by atoms with Gasteiger partial charge in [0.05, 0.1) is 6.61 Å². The number of thiophene rings is 1. The number of fused-ring (bicyclic) bond motifs is 2. The fraction of sp³-hybridized carbons (Fsp3) is 0.724. The zero-order valence-corrected chi connectivity index (χ0v) is 23.5. The summed E-state index contributed by atoms with van der Waals surface area (Å²) in [7, 11) is 0. The molecule has 1 aliphatic heterocycles. The molecular weight excluding hydrogens is 516 g/mol. The van der Waals surface area contributed by atoms with Crippen molar-refractivity contribution in [2.75, 3.05) is 19.7 Å². The van der Waals surface area contributed by atoms with Gasteiger partial charge >= 0.3 is 12.1 Å². The standard InChI is InChI=1S/C29H42N4O5S/c34-25(33-27-30-11-4-12-31-27)8-2-1-7-22-9-10-23(39-22)14-24(26(35)36)32-28(37)38-18-29-15-19-5-3-6-20(16-29)21(13-19)17-29/h9-10,19-21,24H,1-8,11-18H2,(H,32,37)(H,35,36)(H2,30,31,33,34). The van der Waals surface area contributed by atoms with Crippen LogP contribution in [0.4, 0.5) is 4.79 Å². The van der Waals surface area contributed by atoms with Gasteiger partial charge in [0.1, 0.15) is 6.04 Å². The summed E-state index contributed by atoms with van der Waals surface area (Å²) in [6.45, 7) is 1.98. The van der Waals surface area contributed by atoms with Crippen LogP contribution in [0, 0.1) is 23.2 Å². The van der Waals surface area contributed by atoms with Gasteiger partial charge in [-0.15, -0.1) is 11.3 Å². The second-order valence-corrected chi connectivity index (χ2v) is 13.4. The Balaban J connectivity index is 1.03. The molecule has 5 rings (SSSR count). The lowest BCUT2D eigenvalue weighted by molar-refractivity contribution is -0.139. The molecule has 3 saturated carbocycles. The quantitative estimate of drug-likeness (QED) is 0.301. The van der Waals surface area contributed by atoms with Crippen molar-refractivity contribution in [2.45, 2.75) is 89.5 Å². The number of aliphatic carboxylic acids is 1. The number of guanidine groups is 1. The number of hydrogen-bond acceptors (Lipinski definition) is 7. The molecule has 1 aromatic rings. The van der Waals surface area contributed by atoms with Gasteiger partial charge in [-0.2, -0.15) is 0 Å². The van der Waals surface area contributed by atoms with Crippen LogP contribution in [0.1, 0.15) is 80.4 Å². The first-order valence-corrected chi connectivity index (χ1v) is 15.5. The van der Waals surface area contributed by atoms with Gasteiger partial charge in [0.2, 0.25) is 5.91 Å². The number of alkyl carbamates (subject to hydrolysis) is 1. The van der Waals surface area contributed by atoms with Gasteiger partial charge in [-0.3, -0.25) is 15.1 Å². The molecule has 0 saturated heterocycles. The Morgan fingerprint density at radius 3 is 2.79 bits per heavy atom. The van der Waals surface area contributed by atoms with Crippen molar-refractivity contribution in [1.29, 1.82) is 0 Å². The Kier molecular flexibility index (Phi) is 9.10. The van der Waals surface area contributed by atoms with Crippen LogP contribution in [0.5, 0.6) is 0 Å². The van der Waals surface area contributed by atoms with Crippen LogP contribution >= 0.6 is 11.3 Å². The molecule has 0 radical (unpaired) electrons. The minimum Gasteiger partial charge on any atom is -0.480 e. The molecule has 3 aliphatic carbocycles. The summed E-state index contributed by atoms with van der Waals surface area (Å²) >= 11 is 1.56. The first-order chi connectivity index (χ1) is 18.9. The molecule has 9 nitrogen and oxygen atoms in total. The Hall–Kier alpha value is -2.62. The number of rotatable bonds is 11. The first-order valence-electron chi connectivity index (χ1n) is 14.7. The maximum absolute atomic E-state index is 12.6. The summed E-state index contributed by atoms with van der Waals surface area (Å²) in [4.78, 5) is 42.9. The maximum atomic E-state index is 12.6. The molecule has 5 atom stereocenters. The lowest BCUT2D eigenvalue weighted by Gasteiger charge is -2.37. The van der Waals surface area contributed by atoms with Gasteiger partial charge in [-0.1, -0.05) is 19.3 Å². The normalized spacial score (nSPS) is 28.1. The third-order valence-electron chi connectivity index (χ3n) is 9.06. The van der Waals surface area contributed by atoms with Crippen LogP contribution in [-0.2, 0) is 27.2 Å². The predicted molar refractivity (Wildman–Crippen MR) is 150 cm³/mol. The van der Waals surface area contributed by atoms with Gasteiger partial charge < -0.3 is 20.5 Å². The summed E-state index contributed by atoms with van der Waals surface area (Å²) < 4.78 is 5.67. The maximum Gasteiger partial charge on any atom is 0.407 e. The number of carbonyl (C=O) groups is 3. The number of amides is 2. The highest BCUT2D eigenvalue weighted by Gasteiger charge is 2.52. The number of aliphatic imine (C=N–C) groups is 1. The predicted octanol–water partition coefficient (Wildman–Crippen LogP) is 4.25. The molecule has 2 heterocycles. The van der Waals surface area contributed by atoms with Crippen LogP contribution in [0.2, 0.25) is 0 Å². The van der Waals surface area contributed by atoms with Gasteiger partial charge in [0.25, 0.3) is 0 Å². The number of aryl methyl sites for hydroxylation is 1. The average molecular weight is 559 g/mol. The number of unbranched alkanes of at least 4 members (excludes halogenated alkanes) is 1. The molecule has 214 valence electrons. The van der Waals surface area contributed by atoms with Crippen molar-refractivity contribution in [1.82, 2.24) is 16.0 Å². The molecule has 10 heteroatoms. The van der Waals surface area contributed by atoms with Crippen molar-refractivity contribution in [3.63, 3.8) is 0 Å². The van der Waals surface area contributed by atoms with Crippen molar-refractivity contribution < 1.29 is 24.2 Å². The Morgan fingerprint density at radius 1 is 1.13 bits per heavy atom. The van der Waals surface area contributed by atoms with Crippen LogP contribution in [0.15, 0.2) is 17.1 Å². The highest BCUT2D eigenvalue weighted by molar-refractivity contribution is 7.12. The molecule has 2 amide bonds. The minimum atomic E-state index is -1.06. The van der Waals surface area contributed by atoms with E-state index in [0.717, 1.165) is 85.5 Å². The number of ether oxygens (including phenoxy) is 1. The third kappa shape index (κ3) is 7.52. The van der Waals surface area contributed by atoms with E-state index in [1.54, 1.807) is 11.3 Å². The van der Waals surface area contributed by atoms with E-state index in [4.69, 9.17) is 4.74 Å². The Labute approximate surface area is 234 Å². The molecule has 0 aromatic carbocycles. The van der Waals surface area contributed by atoms with Crippen LogP contribution < -0.4 is 16.0 Å². The van der Waals surface area contributed by atoms with Gasteiger partial charge in [0.15, 0.2) is 5.96 Å². The highest BCUT2D eigenvalue weighted by Crippen LogP contribution is 2.60. The summed E-state index contributed by atoms with van der Waals surface area (Å²) in [5.74, 6) is 1.79. The minimum absolute atomic E-state index is 0.0315. The summed E-state index contributed by atoms with van der Waals surface area (Å²) in [6, 6.07) is 2.91. The van der Waals surface area contributed by atoms with E-state index in [2.05, 4.69) is 20.9 Å². The van der Waals surface area contributed by atoms with Crippen molar-refractivity contribution in [2.24, 2.45) is 28.2 Å². The number of hydrogen-bond donors (Lipinski definition) is 4. The van der Waals surface area contributed by atoms with E-state index in [9.17, 15) is 19.5 Å². The number of nitrogens with one attached hydrogen (secondary N) is 3. The van der Waals surface area contributed by atoms with E-state index in [1.165, 1.54) is 25.7 Å². The van der Waals surface area contributed by atoms with Crippen LogP contribution in [0.25, 0.3) is 0 Å². The summed E-state index contributed by atoms with van der Waals surface area (Å²) in [6.07, 6.45) is 12.2. The van der Waals surface area contributed by atoms with Crippen molar-refractivity contribution >= 4 is 35.3 Å². The number of carbonyl (C=O) groups excluding carboxylic acids is 2. The molecule has 4 aliphatic rings. The first kappa shape index (κ1) is 27.9. The topological polar surface area (TPSA) is 129 Å². The Bertz CT molecular complexity index is 1070. The highest BCUT2D eigenvalue weighted by atomic mass is 32.1. The fourth-order valence-electron chi connectivity index (χ4n) is 7.36.